The van der Waals surface area contributed by atoms with Crippen molar-refractivity contribution in [2.24, 2.45) is 5.73 Å². The number of benzene rings is 4. The molecule has 151 valence electrons. The highest BCUT2D eigenvalue weighted by Gasteiger charge is 2.17. The second-order valence-electron chi connectivity index (χ2n) is 7.44. The van der Waals surface area contributed by atoms with Gasteiger partial charge < -0.3 is 10.3 Å². The normalized spacial score (nSPS) is 11.3. The quantitative estimate of drug-likeness (QED) is 0.329. The molecule has 0 aliphatic heterocycles. The number of amides is 1. The van der Waals surface area contributed by atoms with Crippen molar-refractivity contribution in [2.75, 3.05) is 0 Å². The number of fused-ring (bicyclic) bond motifs is 3. The molecule has 31 heavy (non-hydrogen) atoms. The van der Waals surface area contributed by atoms with E-state index < -0.39 is 5.91 Å². The van der Waals surface area contributed by atoms with Gasteiger partial charge in [-0.15, -0.1) is 0 Å². The molecule has 4 aromatic carbocycles. The van der Waals surface area contributed by atoms with Crippen LogP contribution in [0.5, 0.6) is 0 Å². The first-order valence-corrected chi connectivity index (χ1v) is 10.5. The van der Waals surface area contributed by atoms with Crippen LogP contribution in [0.2, 0.25) is 10.0 Å². The summed E-state index contributed by atoms with van der Waals surface area (Å²) in [5.41, 5.74) is 11.1. The number of nitrogens with zero attached hydrogens (tertiary/aromatic N) is 1. The Morgan fingerprint density at radius 2 is 1.61 bits per heavy atom. The zero-order chi connectivity index (χ0) is 21.5. The zero-order valence-corrected chi connectivity index (χ0v) is 17.9. The Balaban J connectivity index is 1.81. The lowest BCUT2D eigenvalue weighted by atomic mass is 10.0. The van der Waals surface area contributed by atoms with Gasteiger partial charge >= 0.3 is 0 Å². The second kappa shape index (κ2) is 7.77. The van der Waals surface area contributed by atoms with Gasteiger partial charge in [-0.3, -0.25) is 4.79 Å². The number of carbonyl (C=O) groups excluding carboxylic acids is 1. The summed E-state index contributed by atoms with van der Waals surface area (Å²) >= 11 is 12.5. The monoisotopic (exact) mass is 443 g/mol. The number of rotatable bonds is 4. The second-order valence-corrected chi connectivity index (χ2v) is 8.32. The van der Waals surface area contributed by atoms with Crippen molar-refractivity contribution in [3.8, 4) is 11.1 Å². The van der Waals surface area contributed by atoms with Crippen LogP contribution in [0, 0.1) is 6.07 Å². The summed E-state index contributed by atoms with van der Waals surface area (Å²) in [5, 5.41) is 2.82. The van der Waals surface area contributed by atoms with Gasteiger partial charge in [0.05, 0.1) is 11.0 Å². The average molecular weight is 444 g/mol. The van der Waals surface area contributed by atoms with Crippen LogP contribution in [0.15, 0.2) is 78.9 Å². The lowest BCUT2D eigenvalue weighted by Gasteiger charge is -2.10. The number of aromatic nitrogens is 1. The van der Waals surface area contributed by atoms with Crippen LogP contribution in [-0.2, 0) is 6.54 Å². The lowest BCUT2D eigenvalue weighted by molar-refractivity contribution is 0.100. The molecule has 1 aromatic heterocycles. The fourth-order valence-corrected chi connectivity index (χ4v) is 4.68. The summed E-state index contributed by atoms with van der Waals surface area (Å²) in [4.78, 5) is 12.2. The van der Waals surface area contributed by atoms with Crippen LogP contribution < -0.4 is 5.73 Å². The van der Waals surface area contributed by atoms with Crippen molar-refractivity contribution >= 4 is 50.9 Å². The maximum Gasteiger partial charge on any atom is 0.249 e. The molecule has 3 nitrogen and oxygen atoms in total. The van der Waals surface area contributed by atoms with E-state index in [-0.39, 0.29) is 0 Å². The minimum absolute atomic E-state index is 0.462. The molecule has 1 radical (unpaired) electrons. The average Bonchev–Trinajstić information content (AvgIpc) is 3.06. The van der Waals surface area contributed by atoms with Crippen LogP contribution in [0.3, 0.4) is 0 Å². The van der Waals surface area contributed by atoms with Crippen LogP contribution in [-0.4, -0.2) is 10.5 Å². The SMILES string of the molecule is NC(=O)c1cccc2c1c1[c]cc(-c3ccccc3)cc1n2Cc1cc(Cl)cc(Cl)c1. The minimum Gasteiger partial charge on any atom is -0.366 e. The highest BCUT2D eigenvalue weighted by atomic mass is 35.5. The highest BCUT2D eigenvalue weighted by Crippen LogP contribution is 2.35. The van der Waals surface area contributed by atoms with E-state index in [0.717, 1.165) is 38.5 Å². The van der Waals surface area contributed by atoms with Crippen LogP contribution in [0.4, 0.5) is 0 Å². The largest absolute Gasteiger partial charge is 0.366 e. The van der Waals surface area contributed by atoms with E-state index >= 15 is 0 Å². The molecule has 5 rings (SSSR count). The Kier molecular flexibility index (Phi) is 4.93. The third kappa shape index (κ3) is 3.56. The smallest absolute Gasteiger partial charge is 0.249 e. The predicted molar refractivity (Wildman–Crippen MR) is 128 cm³/mol. The van der Waals surface area contributed by atoms with Gasteiger partial charge in [0.15, 0.2) is 0 Å². The van der Waals surface area contributed by atoms with Crippen LogP contribution >= 0.6 is 23.2 Å². The Morgan fingerprint density at radius 3 is 2.32 bits per heavy atom. The third-order valence-electron chi connectivity index (χ3n) is 5.43. The molecular weight excluding hydrogens is 427 g/mol. The molecule has 1 amide bonds. The molecule has 0 atom stereocenters. The highest BCUT2D eigenvalue weighted by molar-refractivity contribution is 6.34. The number of halogens is 2. The van der Waals surface area contributed by atoms with Gasteiger partial charge in [0, 0.05) is 32.9 Å². The van der Waals surface area contributed by atoms with Crippen molar-refractivity contribution < 1.29 is 4.79 Å². The van der Waals surface area contributed by atoms with E-state index in [1.807, 2.05) is 48.5 Å². The number of hydrogen-bond acceptors (Lipinski definition) is 1. The zero-order valence-electron chi connectivity index (χ0n) is 16.4. The molecule has 1 heterocycles. The Morgan fingerprint density at radius 1 is 0.871 bits per heavy atom. The molecule has 5 aromatic rings. The number of nitrogens with two attached hydrogens (primary N) is 1. The number of hydrogen-bond donors (Lipinski definition) is 1. The topological polar surface area (TPSA) is 48.0 Å². The molecule has 0 unspecified atom stereocenters. The predicted octanol–water partition coefficient (Wildman–Crippen LogP) is 6.72. The first-order chi connectivity index (χ1) is 15.0. The van der Waals surface area contributed by atoms with Gasteiger partial charge in [-0.2, -0.15) is 0 Å². The molecular formula is C26H17Cl2N2O. The standard InChI is InChI=1S/C26H17Cl2N2O/c27-19-11-16(12-20(28)14-19)15-30-23-8-4-7-22(26(29)31)25(23)21-10-9-18(13-24(21)30)17-5-2-1-3-6-17/h1-9,11-14H,15H2,(H2,29,31). The summed E-state index contributed by atoms with van der Waals surface area (Å²) in [5.74, 6) is -0.462. The summed E-state index contributed by atoms with van der Waals surface area (Å²) < 4.78 is 2.15. The molecule has 0 bridgehead atoms. The molecule has 0 aliphatic carbocycles. The van der Waals surface area contributed by atoms with Gasteiger partial charge in [0.2, 0.25) is 5.91 Å². The van der Waals surface area contributed by atoms with E-state index in [0.29, 0.717) is 22.2 Å². The molecule has 0 saturated heterocycles. The Bertz CT molecular complexity index is 1440. The molecule has 0 spiro atoms. The van der Waals surface area contributed by atoms with Crippen molar-refractivity contribution in [3.63, 3.8) is 0 Å². The van der Waals surface area contributed by atoms with Crippen molar-refractivity contribution in [2.45, 2.75) is 6.54 Å². The van der Waals surface area contributed by atoms with Crippen molar-refractivity contribution in [1.82, 2.24) is 4.57 Å². The van der Waals surface area contributed by atoms with E-state index in [9.17, 15) is 4.79 Å². The van der Waals surface area contributed by atoms with E-state index in [1.54, 1.807) is 12.1 Å². The van der Waals surface area contributed by atoms with E-state index in [4.69, 9.17) is 28.9 Å². The molecule has 0 saturated carbocycles. The maximum atomic E-state index is 12.2. The van der Waals surface area contributed by atoms with Gasteiger partial charge in [-0.25, -0.2) is 0 Å². The summed E-state index contributed by atoms with van der Waals surface area (Å²) in [7, 11) is 0. The molecule has 2 N–H and O–H groups in total. The summed E-state index contributed by atoms with van der Waals surface area (Å²) in [6.07, 6.45) is 0. The third-order valence-corrected chi connectivity index (χ3v) is 5.87. The minimum atomic E-state index is -0.462. The first-order valence-electron chi connectivity index (χ1n) is 9.78. The summed E-state index contributed by atoms with van der Waals surface area (Å²) in [6.45, 7) is 0.536. The molecule has 0 fully saturated rings. The number of carbonyl (C=O) groups is 1. The molecule has 0 aliphatic rings. The Labute approximate surface area is 189 Å². The van der Waals surface area contributed by atoms with Gasteiger partial charge in [-0.1, -0.05) is 59.6 Å². The van der Waals surface area contributed by atoms with Gasteiger partial charge in [0.1, 0.15) is 0 Å². The van der Waals surface area contributed by atoms with Crippen molar-refractivity contribution in [3.05, 3.63) is 106 Å². The van der Waals surface area contributed by atoms with Crippen LogP contribution in [0.25, 0.3) is 32.9 Å². The lowest BCUT2D eigenvalue weighted by Crippen LogP contribution is -2.11. The van der Waals surface area contributed by atoms with Crippen molar-refractivity contribution in [1.29, 1.82) is 0 Å². The van der Waals surface area contributed by atoms with E-state index in [1.165, 1.54) is 0 Å². The summed E-state index contributed by atoms with van der Waals surface area (Å²) in [6, 6.07) is 28.7. The fraction of sp³-hybridized carbons (Fsp3) is 0.0385. The van der Waals surface area contributed by atoms with Gasteiger partial charge in [-0.05, 0) is 65.2 Å². The fourth-order valence-electron chi connectivity index (χ4n) is 4.11. The Hall–Kier alpha value is -3.27. The maximum absolute atomic E-state index is 12.2. The van der Waals surface area contributed by atoms with Gasteiger partial charge in [0.25, 0.3) is 0 Å². The van der Waals surface area contributed by atoms with E-state index in [2.05, 4.69) is 28.8 Å². The first kappa shape index (κ1) is 19.7. The van der Waals surface area contributed by atoms with Crippen LogP contribution in [0.1, 0.15) is 15.9 Å². The number of primary amides is 1. The molecule has 5 heteroatoms.